The number of aromatic carboxylic acids is 1. The molecule has 0 bridgehead atoms. The fourth-order valence-electron chi connectivity index (χ4n) is 1.90. The first-order valence-corrected chi connectivity index (χ1v) is 7.44. The van der Waals surface area contributed by atoms with Crippen molar-refractivity contribution in [3.8, 4) is 0 Å². The quantitative estimate of drug-likeness (QED) is 0.890. The second kappa shape index (κ2) is 6.99. The van der Waals surface area contributed by atoms with Crippen LogP contribution in [-0.2, 0) is 17.8 Å². The molecule has 21 heavy (non-hydrogen) atoms. The third-order valence-corrected chi connectivity index (χ3v) is 3.76. The van der Waals surface area contributed by atoms with E-state index in [4.69, 9.17) is 5.11 Å². The maximum absolute atomic E-state index is 12.0. The SMILES string of the molecule is CN(Cc1ccc(C(=O)O)cc1)C(=O)CCc1cscn1. The fourth-order valence-corrected chi connectivity index (χ4v) is 2.49. The first kappa shape index (κ1) is 15.2. The highest BCUT2D eigenvalue weighted by Gasteiger charge is 2.10. The number of aromatic nitrogens is 1. The van der Waals surface area contributed by atoms with E-state index < -0.39 is 5.97 Å². The zero-order valence-corrected chi connectivity index (χ0v) is 12.5. The van der Waals surface area contributed by atoms with Crippen molar-refractivity contribution < 1.29 is 14.7 Å². The summed E-state index contributed by atoms with van der Waals surface area (Å²) in [6, 6.07) is 6.55. The Hall–Kier alpha value is -2.21. The van der Waals surface area contributed by atoms with E-state index in [-0.39, 0.29) is 11.5 Å². The summed E-state index contributed by atoms with van der Waals surface area (Å²) in [5, 5.41) is 10.8. The molecule has 0 aliphatic heterocycles. The lowest BCUT2D eigenvalue weighted by Gasteiger charge is -2.17. The summed E-state index contributed by atoms with van der Waals surface area (Å²) < 4.78 is 0. The third-order valence-electron chi connectivity index (χ3n) is 3.12. The number of benzene rings is 1. The largest absolute Gasteiger partial charge is 0.478 e. The number of amides is 1. The van der Waals surface area contributed by atoms with Crippen molar-refractivity contribution in [3.63, 3.8) is 0 Å². The molecule has 1 aromatic carbocycles. The van der Waals surface area contributed by atoms with Crippen LogP contribution >= 0.6 is 11.3 Å². The summed E-state index contributed by atoms with van der Waals surface area (Å²) in [5.41, 5.74) is 3.85. The van der Waals surface area contributed by atoms with Crippen LogP contribution in [0.1, 0.15) is 28.0 Å². The average Bonchev–Trinajstić information content (AvgIpc) is 2.98. The Morgan fingerprint density at radius 3 is 2.57 bits per heavy atom. The van der Waals surface area contributed by atoms with Gasteiger partial charge >= 0.3 is 5.97 Å². The Balaban J connectivity index is 1.86. The Morgan fingerprint density at radius 1 is 1.29 bits per heavy atom. The molecule has 0 aliphatic carbocycles. The van der Waals surface area contributed by atoms with Crippen LogP contribution in [0, 0.1) is 0 Å². The van der Waals surface area contributed by atoms with Gasteiger partial charge in [0.25, 0.3) is 0 Å². The maximum Gasteiger partial charge on any atom is 0.335 e. The molecule has 1 heterocycles. The number of hydrogen-bond acceptors (Lipinski definition) is 4. The molecule has 6 heteroatoms. The van der Waals surface area contributed by atoms with Gasteiger partial charge in [-0.1, -0.05) is 12.1 Å². The molecule has 0 fully saturated rings. The van der Waals surface area contributed by atoms with Crippen LogP contribution < -0.4 is 0 Å². The van der Waals surface area contributed by atoms with E-state index >= 15 is 0 Å². The van der Waals surface area contributed by atoms with Crippen molar-refractivity contribution in [3.05, 3.63) is 52.0 Å². The van der Waals surface area contributed by atoms with Crippen molar-refractivity contribution in [1.29, 1.82) is 0 Å². The molecule has 0 radical (unpaired) electrons. The zero-order chi connectivity index (χ0) is 15.2. The standard InChI is InChI=1S/C15H16N2O3S/c1-17(14(18)7-6-13-9-21-10-16-13)8-11-2-4-12(5-3-11)15(19)20/h2-5,9-10H,6-8H2,1H3,(H,19,20). The number of nitrogens with zero attached hydrogens (tertiary/aromatic N) is 2. The first-order chi connectivity index (χ1) is 10.1. The van der Waals surface area contributed by atoms with Gasteiger partial charge in [0.05, 0.1) is 16.8 Å². The molecule has 0 spiro atoms. The molecule has 1 N–H and O–H groups in total. The van der Waals surface area contributed by atoms with E-state index in [0.717, 1.165) is 11.3 Å². The minimum atomic E-state index is -0.950. The predicted octanol–water partition coefficient (Wildman–Crippen LogP) is 2.43. The first-order valence-electron chi connectivity index (χ1n) is 6.49. The van der Waals surface area contributed by atoms with Gasteiger partial charge in [-0.15, -0.1) is 11.3 Å². The van der Waals surface area contributed by atoms with E-state index in [1.807, 2.05) is 5.38 Å². The molecular formula is C15H16N2O3S. The number of carbonyl (C=O) groups is 2. The van der Waals surface area contributed by atoms with Crippen molar-refractivity contribution in [2.24, 2.45) is 0 Å². The molecule has 0 atom stereocenters. The molecule has 110 valence electrons. The van der Waals surface area contributed by atoms with E-state index in [1.165, 1.54) is 11.3 Å². The van der Waals surface area contributed by atoms with Gasteiger partial charge in [0.2, 0.25) is 5.91 Å². The minimum Gasteiger partial charge on any atom is -0.478 e. The van der Waals surface area contributed by atoms with Gasteiger partial charge in [-0.05, 0) is 24.1 Å². The van der Waals surface area contributed by atoms with E-state index in [9.17, 15) is 9.59 Å². The molecule has 0 aliphatic rings. The van der Waals surface area contributed by atoms with Crippen LogP contribution in [0.15, 0.2) is 35.2 Å². The van der Waals surface area contributed by atoms with Gasteiger partial charge in [-0.25, -0.2) is 9.78 Å². The molecule has 0 saturated carbocycles. The number of hydrogen-bond donors (Lipinski definition) is 1. The highest BCUT2D eigenvalue weighted by atomic mass is 32.1. The van der Waals surface area contributed by atoms with Crippen LogP contribution in [0.25, 0.3) is 0 Å². The number of rotatable bonds is 6. The van der Waals surface area contributed by atoms with Crippen LogP contribution in [0.2, 0.25) is 0 Å². The number of aryl methyl sites for hydroxylation is 1. The summed E-state index contributed by atoms with van der Waals surface area (Å²) in [6.45, 7) is 0.468. The number of carbonyl (C=O) groups excluding carboxylic acids is 1. The van der Waals surface area contributed by atoms with Gasteiger partial charge < -0.3 is 10.0 Å². The average molecular weight is 304 g/mol. The molecule has 0 saturated heterocycles. The normalized spacial score (nSPS) is 10.3. The highest BCUT2D eigenvalue weighted by molar-refractivity contribution is 7.07. The van der Waals surface area contributed by atoms with Crippen LogP contribution in [0.3, 0.4) is 0 Å². The molecule has 0 unspecified atom stereocenters. The number of carboxylic acid groups (broad SMARTS) is 1. The van der Waals surface area contributed by atoms with Gasteiger partial charge in [-0.2, -0.15) is 0 Å². The molecule has 1 amide bonds. The van der Waals surface area contributed by atoms with Gasteiger partial charge in [0, 0.05) is 25.4 Å². The maximum atomic E-state index is 12.0. The second-order valence-electron chi connectivity index (χ2n) is 4.73. The topological polar surface area (TPSA) is 70.5 Å². The minimum absolute atomic E-state index is 0.0466. The Labute approximate surface area is 126 Å². The molecular weight excluding hydrogens is 288 g/mol. The Morgan fingerprint density at radius 2 is 2.00 bits per heavy atom. The summed E-state index contributed by atoms with van der Waals surface area (Å²) in [6.07, 6.45) is 1.07. The Kier molecular flexibility index (Phi) is 5.05. The van der Waals surface area contributed by atoms with E-state index in [2.05, 4.69) is 4.98 Å². The smallest absolute Gasteiger partial charge is 0.335 e. The van der Waals surface area contributed by atoms with Crippen LogP contribution in [0.4, 0.5) is 0 Å². The number of carboxylic acids is 1. The molecule has 1 aromatic heterocycles. The van der Waals surface area contributed by atoms with Crippen LogP contribution in [0.5, 0.6) is 0 Å². The van der Waals surface area contributed by atoms with Crippen molar-refractivity contribution in [2.45, 2.75) is 19.4 Å². The zero-order valence-electron chi connectivity index (χ0n) is 11.7. The van der Waals surface area contributed by atoms with Gasteiger partial charge in [0.15, 0.2) is 0 Å². The highest BCUT2D eigenvalue weighted by Crippen LogP contribution is 2.09. The summed E-state index contributed by atoms with van der Waals surface area (Å²) in [5.74, 6) is -0.903. The second-order valence-corrected chi connectivity index (χ2v) is 5.45. The fraction of sp³-hybridized carbons (Fsp3) is 0.267. The lowest BCUT2D eigenvalue weighted by molar-refractivity contribution is -0.130. The lowest BCUT2D eigenvalue weighted by Crippen LogP contribution is -2.26. The summed E-state index contributed by atoms with van der Waals surface area (Å²) in [4.78, 5) is 28.6. The van der Waals surface area contributed by atoms with E-state index in [0.29, 0.717) is 19.4 Å². The third kappa shape index (κ3) is 4.39. The summed E-state index contributed by atoms with van der Waals surface area (Å²) in [7, 11) is 1.74. The van der Waals surface area contributed by atoms with Crippen molar-refractivity contribution in [2.75, 3.05) is 7.05 Å². The molecule has 2 rings (SSSR count). The Bertz CT molecular complexity index is 608. The van der Waals surface area contributed by atoms with Crippen molar-refractivity contribution >= 4 is 23.2 Å². The van der Waals surface area contributed by atoms with Crippen molar-refractivity contribution in [1.82, 2.24) is 9.88 Å². The van der Waals surface area contributed by atoms with Crippen LogP contribution in [-0.4, -0.2) is 33.9 Å². The van der Waals surface area contributed by atoms with Gasteiger partial charge in [0.1, 0.15) is 0 Å². The van der Waals surface area contributed by atoms with Gasteiger partial charge in [-0.3, -0.25) is 4.79 Å². The lowest BCUT2D eigenvalue weighted by atomic mass is 10.1. The predicted molar refractivity (Wildman–Crippen MR) is 80.3 cm³/mol. The van der Waals surface area contributed by atoms with E-state index in [1.54, 1.807) is 41.7 Å². The molecule has 2 aromatic rings. The number of thiazole rings is 1. The molecule has 5 nitrogen and oxygen atoms in total. The monoisotopic (exact) mass is 304 g/mol. The summed E-state index contributed by atoms with van der Waals surface area (Å²) >= 11 is 1.52.